The van der Waals surface area contributed by atoms with Crippen LogP contribution in [0.2, 0.25) is 0 Å². The molecule has 0 aliphatic heterocycles. The Kier molecular flexibility index (Phi) is 7.09. The zero-order valence-electron chi connectivity index (χ0n) is 21.2. The van der Waals surface area contributed by atoms with E-state index in [1.54, 1.807) is 0 Å². The Morgan fingerprint density at radius 2 is 1.97 bits per heavy atom. The van der Waals surface area contributed by atoms with E-state index in [9.17, 15) is 19.8 Å². The van der Waals surface area contributed by atoms with Gasteiger partial charge in [-0.25, -0.2) is 0 Å². The summed E-state index contributed by atoms with van der Waals surface area (Å²) in [5, 5.41) is 21.9. The third kappa shape index (κ3) is 3.99. The average Bonchev–Trinajstić information content (AvgIpc) is 3.24. The van der Waals surface area contributed by atoms with Gasteiger partial charge in [-0.15, -0.1) is 18.3 Å². The van der Waals surface area contributed by atoms with Crippen LogP contribution in [0.1, 0.15) is 72.6 Å². The van der Waals surface area contributed by atoms with Crippen molar-refractivity contribution < 1.29 is 24.5 Å². The maximum Gasteiger partial charge on any atom is 0.316 e. The molecule has 0 spiro atoms. The number of hydrogen-bond acceptors (Lipinski definition) is 7. The van der Waals surface area contributed by atoms with Crippen LogP contribution in [0.4, 0.5) is 0 Å². The molecule has 0 aromatic heterocycles. The van der Waals surface area contributed by atoms with Gasteiger partial charge in [0.05, 0.1) is 18.0 Å². The SMILES string of the molecule is C=C[C@]1(C)C[C@@H](OC(=O)CS[C@@H]2CC[C@@H](N)C[C@H]2O)[C@]2(C)C(C)C[C@]3(CCC(=O)[C@H]32)[C@@H](C)[C@@H]1O. The topological polar surface area (TPSA) is 110 Å². The maximum atomic E-state index is 13.3. The van der Waals surface area contributed by atoms with E-state index in [1.165, 1.54) is 11.8 Å². The van der Waals surface area contributed by atoms with E-state index in [0.717, 1.165) is 25.7 Å². The van der Waals surface area contributed by atoms with Crippen LogP contribution < -0.4 is 5.73 Å². The second-order valence-corrected chi connectivity index (χ2v) is 13.4. The van der Waals surface area contributed by atoms with Crippen molar-refractivity contribution in [3.8, 4) is 0 Å². The fraction of sp³-hybridized carbons (Fsp3) is 0.852. The molecular weight excluding hydrogens is 450 g/mol. The highest BCUT2D eigenvalue weighted by Crippen LogP contribution is 2.70. The quantitative estimate of drug-likeness (QED) is 0.397. The van der Waals surface area contributed by atoms with Crippen molar-refractivity contribution in [1.82, 2.24) is 0 Å². The number of esters is 1. The van der Waals surface area contributed by atoms with Gasteiger partial charge >= 0.3 is 5.97 Å². The molecule has 4 saturated carbocycles. The molecular formula is C27H43NO5S. The van der Waals surface area contributed by atoms with E-state index in [0.29, 0.717) is 19.3 Å². The van der Waals surface area contributed by atoms with E-state index in [-0.39, 0.29) is 52.0 Å². The molecule has 0 radical (unpaired) electrons. The summed E-state index contributed by atoms with van der Waals surface area (Å²) < 4.78 is 6.23. The number of carbonyl (C=O) groups is 2. The molecule has 4 aliphatic rings. The Morgan fingerprint density at radius 3 is 2.62 bits per heavy atom. The van der Waals surface area contributed by atoms with E-state index in [1.807, 2.05) is 13.0 Å². The van der Waals surface area contributed by atoms with Crippen molar-refractivity contribution in [3.05, 3.63) is 12.7 Å². The first-order chi connectivity index (χ1) is 15.9. The summed E-state index contributed by atoms with van der Waals surface area (Å²) in [7, 11) is 0. The highest BCUT2D eigenvalue weighted by Gasteiger charge is 2.71. The zero-order chi connectivity index (χ0) is 25.1. The zero-order valence-corrected chi connectivity index (χ0v) is 22.0. The molecule has 4 fully saturated rings. The molecule has 7 heteroatoms. The molecule has 0 heterocycles. The van der Waals surface area contributed by atoms with Crippen molar-refractivity contribution in [3.63, 3.8) is 0 Å². The normalized spacial score (nSPS) is 50.9. The Labute approximate surface area is 208 Å². The van der Waals surface area contributed by atoms with Crippen LogP contribution in [0.5, 0.6) is 0 Å². The predicted octanol–water partition coefficient (Wildman–Crippen LogP) is 3.48. The molecule has 4 N–H and O–H groups in total. The maximum absolute atomic E-state index is 13.3. The van der Waals surface area contributed by atoms with Crippen LogP contribution in [0.15, 0.2) is 12.7 Å². The third-order valence-electron chi connectivity index (χ3n) is 10.4. The number of aliphatic hydroxyl groups is 2. The lowest BCUT2D eigenvalue weighted by molar-refractivity contribution is -0.172. The molecule has 0 aromatic rings. The van der Waals surface area contributed by atoms with Crippen molar-refractivity contribution in [2.45, 2.75) is 102 Å². The minimum absolute atomic E-state index is 0.0177. The van der Waals surface area contributed by atoms with Crippen molar-refractivity contribution >= 4 is 23.5 Å². The van der Waals surface area contributed by atoms with Gasteiger partial charge in [0.15, 0.2) is 0 Å². The molecule has 4 aliphatic carbocycles. The molecule has 34 heavy (non-hydrogen) atoms. The highest BCUT2D eigenvalue weighted by atomic mass is 32.2. The van der Waals surface area contributed by atoms with Crippen LogP contribution in [0.25, 0.3) is 0 Å². The monoisotopic (exact) mass is 493 g/mol. The number of thioether (sulfide) groups is 1. The van der Waals surface area contributed by atoms with Gasteiger partial charge in [-0.3, -0.25) is 9.59 Å². The van der Waals surface area contributed by atoms with E-state index in [4.69, 9.17) is 10.5 Å². The smallest absolute Gasteiger partial charge is 0.316 e. The van der Waals surface area contributed by atoms with Crippen molar-refractivity contribution in [1.29, 1.82) is 0 Å². The van der Waals surface area contributed by atoms with E-state index in [2.05, 4.69) is 27.4 Å². The molecule has 0 saturated heterocycles. The minimum Gasteiger partial charge on any atom is -0.461 e. The minimum atomic E-state index is -0.662. The van der Waals surface area contributed by atoms with Crippen LogP contribution >= 0.6 is 11.8 Å². The lowest BCUT2D eigenvalue weighted by Gasteiger charge is -2.52. The van der Waals surface area contributed by atoms with Gasteiger partial charge in [0.25, 0.3) is 0 Å². The van der Waals surface area contributed by atoms with Gasteiger partial charge in [0.2, 0.25) is 0 Å². The molecule has 192 valence electrons. The summed E-state index contributed by atoms with van der Waals surface area (Å²) in [5.41, 5.74) is 4.58. The molecule has 2 bridgehead atoms. The van der Waals surface area contributed by atoms with Crippen molar-refractivity contribution in [2.75, 3.05) is 5.75 Å². The lowest BCUT2D eigenvalue weighted by Crippen LogP contribution is -2.55. The van der Waals surface area contributed by atoms with Gasteiger partial charge in [-0.05, 0) is 55.8 Å². The number of aliphatic hydroxyl groups excluding tert-OH is 2. The molecule has 0 aromatic carbocycles. The van der Waals surface area contributed by atoms with Crippen LogP contribution in [0, 0.1) is 34.0 Å². The fourth-order valence-electron chi connectivity index (χ4n) is 8.12. The molecule has 4 rings (SSSR count). The van der Waals surface area contributed by atoms with E-state index < -0.39 is 29.1 Å². The number of rotatable bonds is 5. The summed E-state index contributed by atoms with van der Waals surface area (Å²) >= 11 is 1.44. The fourth-order valence-corrected chi connectivity index (χ4v) is 9.17. The Hall–Kier alpha value is -0.890. The number of nitrogens with two attached hydrogens (primary N) is 1. The summed E-state index contributed by atoms with van der Waals surface area (Å²) in [6.45, 7) is 12.5. The Balaban J connectivity index is 1.59. The van der Waals surface area contributed by atoms with Crippen LogP contribution in [-0.2, 0) is 14.3 Å². The average molecular weight is 494 g/mol. The van der Waals surface area contributed by atoms with Gasteiger partial charge in [-0.1, -0.05) is 33.8 Å². The lowest BCUT2D eigenvalue weighted by atomic mass is 9.55. The summed E-state index contributed by atoms with van der Waals surface area (Å²) in [4.78, 5) is 26.4. The molecule has 6 nitrogen and oxygen atoms in total. The first-order valence-corrected chi connectivity index (χ1v) is 14.0. The summed E-state index contributed by atoms with van der Waals surface area (Å²) in [6.07, 6.45) is 4.99. The van der Waals surface area contributed by atoms with E-state index >= 15 is 0 Å². The standard InChI is InChI=1S/C27H43NO5S/c1-6-25(4)13-21(33-22(31)14-34-20-8-7-17(28)11-19(20)30)26(5)15(2)12-27(16(3)24(25)32)10-9-18(29)23(26)27/h6,15-17,19-21,23-24,30,32H,1,7-14,28H2,2-5H3/t15?,16-,17+,19+,20+,21+,23-,24-,25+,26-,27+/m0/s1. The molecule has 1 unspecified atom stereocenters. The van der Waals surface area contributed by atoms with Gasteiger partial charge < -0.3 is 20.7 Å². The number of carbonyl (C=O) groups excluding carboxylic acids is 2. The van der Waals surface area contributed by atoms with Crippen LogP contribution in [0.3, 0.4) is 0 Å². The second-order valence-electron chi connectivity index (χ2n) is 12.2. The third-order valence-corrected chi connectivity index (χ3v) is 11.8. The largest absolute Gasteiger partial charge is 0.461 e. The van der Waals surface area contributed by atoms with Crippen LogP contribution in [-0.4, -0.2) is 57.3 Å². The first kappa shape index (κ1) is 26.2. The highest BCUT2D eigenvalue weighted by molar-refractivity contribution is 8.00. The van der Waals surface area contributed by atoms with Gasteiger partial charge in [0, 0.05) is 34.5 Å². The predicted molar refractivity (Wildman–Crippen MR) is 134 cm³/mol. The molecule has 11 atom stereocenters. The van der Waals surface area contributed by atoms with Gasteiger partial charge in [-0.2, -0.15) is 0 Å². The summed E-state index contributed by atoms with van der Waals surface area (Å²) in [6, 6.07) is 0.0205. The molecule has 0 amide bonds. The second kappa shape index (κ2) is 9.20. The number of ether oxygens (including phenoxy) is 1. The first-order valence-electron chi connectivity index (χ1n) is 13.0. The van der Waals surface area contributed by atoms with Gasteiger partial charge in [0.1, 0.15) is 11.9 Å². The Bertz CT molecular complexity index is 836. The number of hydrogen-bond donors (Lipinski definition) is 3. The summed E-state index contributed by atoms with van der Waals surface area (Å²) in [5.74, 6) is 0.0402. The Morgan fingerprint density at radius 1 is 1.26 bits per heavy atom. The number of ketones is 1. The van der Waals surface area contributed by atoms with Crippen molar-refractivity contribution in [2.24, 2.45) is 39.7 Å². The number of Topliss-reactive ketones (excluding diaryl/α,β-unsaturated/α-hetero) is 1.